The van der Waals surface area contributed by atoms with Gasteiger partial charge in [0.15, 0.2) is 0 Å². The number of carbonyl (C=O) groups excluding carboxylic acids is 1. The van der Waals surface area contributed by atoms with Crippen LogP contribution in [0.15, 0.2) is 12.7 Å². The standard InChI is InChI=1S/C7H13NO4S/c1-5-6(9)8-13(10,11)12-7(2,3)4/h5H,1H2,2-4H3,(H,8,9). The lowest BCUT2D eigenvalue weighted by Gasteiger charge is -2.18. The summed E-state index contributed by atoms with van der Waals surface area (Å²) in [7, 11) is -4.02. The monoisotopic (exact) mass is 207 g/mol. The molecule has 0 bridgehead atoms. The van der Waals surface area contributed by atoms with Crippen LogP contribution in [0.3, 0.4) is 0 Å². The summed E-state index contributed by atoms with van der Waals surface area (Å²) in [6, 6.07) is 0. The lowest BCUT2D eigenvalue weighted by molar-refractivity contribution is -0.115. The van der Waals surface area contributed by atoms with Crippen molar-refractivity contribution in [3.8, 4) is 0 Å². The zero-order valence-electron chi connectivity index (χ0n) is 7.83. The molecule has 0 aromatic rings. The van der Waals surface area contributed by atoms with Gasteiger partial charge in [-0.3, -0.25) is 4.79 Å². The van der Waals surface area contributed by atoms with Crippen LogP contribution >= 0.6 is 0 Å². The summed E-state index contributed by atoms with van der Waals surface area (Å²) in [5.74, 6) is -0.816. The van der Waals surface area contributed by atoms with Crippen molar-refractivity contribution in [2.24, 2.45) is 0 Å². The molecule has 76 valence electrons. The van der Waals surface area contributed by atoms with Crippen LogP contribution in [-0.2, 0) is 19.3 Å². The van der Waals surface area contributed by atoms with E-state index in [4.69, 9.17) is 0 Å². The Balaban J connectivity index is 4.44. The topological polar surface area (TPSA) is 72.5 Å². The lowest BCUT2D eigenvalue weighted by atomic mass is 10.2. The molecule has 0 aliphatic heterocycles. The fraction of sp³-hybridized carbons (Fsp3) is 0.571. The molecule has 0 aromatic carbocycles. The van der Waals surface area contributed by atoms with Crippen molar-refractivity contribution in [1.29, 1.82) is 0 Å². The van der Waals surface area contributed by atoms with Crippen molar-refractivity contribution in [2.75, 3.05) is 0 Å². The van der Waals surface area contributed by atoms with Crippen LogP contribution in [0.2, 0.25) is 0 Å². The van der Waals surface area contributed by atoms with Crippen LogP contribution < -0.4 is 4.72 Å². The fourth-order valence-corrected chi connectivity index (χ4v) is 1.54. The van der Waals surface area contributed by atoms with Crippen LogP contribution in [0.1, 0.15) is 20.8 Å². The van der Waals surface area contributed by atoms with E-state index in [1.165, 1.54) is 0 Å². The van der Waals surface area contributed by atoms with Gasteiger partial charge >= 0.3 is 10.3 Å². The molecule has 0 saturated heterocycles. The second kappa shape index (κ2) is 3.89. The first-order valence-electron chi connectivity index (χ1n) is 3.56. The maximum absolute atomic E-state index is 11.0. The minimum atomic E-state index is -4.02. The molecule has 1 N–H and O–H groups in total. The van der Waals surface area contributed by atoms with Crippen molar-refractivity contribution >= 4 is 16.2 Å². The summed E-state index contributed by atoms with van der Waals surface area (Å²) >= 11 is 0. The Kier molecular flexibility index (Phi) is 3.62. The summed E-state index contributed by atoms with van der Waals surface area (Å²) in [6.07, 6.45) is 0.851. The van der Waals surface area contributed by atoms with Crippen molar-refractivity contribution in [3.05, 3.63) is 12.7 Å². The Bertz CT molecular complexity index is 299. The average Bonchev–Trinajstić information content (AvgIpc) is 1.80. The molecule has 0 saturated carbocycles. The largest absolute Gasteiger partial charge is 0.362 e. The smallest absolute Gasteiger partial charge is 0.269 e. The molecule has 0 radical (unpaired) electrons. The van der Waals surface area contributed by atoms with E-state index in [0.29, 0.717) is 0 Å². The minimum Gasteiger partial charge on any atom is -0.269 e. The molecular formula is C7H13NO4S. The van der Waals surface area contributed by atoms with E-state index < -0.39 is 21.8 Å². The van der Waals surface area contributed by atoms with Gasteiger partial charge in [0.2, 0.25) is 0 Å². The summed E-state index contributed by atoms with van der Waals surface area (Å²) < 4.78 is 28.3. The third kappa shape index (κ3) is 6.30. The highest BCUT2D eigenvalue weighted by Crippen LogP contribution is 2.09. The van der Waals surface area contributed by atoms with Crippen LogP contribution in [-0.4, -0.2) is 19.9 Å². The molecule has 0 heterocycles. The minimum absolute atomic E-state index is 0.816. The number of nitrogens with one attached hydrogen (secondary N) is 1. The molecule has 1 amide bonds. The molecule has 0 aliphatic carbocycles. The summed E-state index contributed by atoms with van der Waals surface area (Å²) in [4.78, 5) is 10.6. The predicted octanol–water partition coefficient (Wildman–Crippen LogP) is 0.349. The van der Waals surface area contributed by atoms with Gasteiger partial charge in [0.05, 0.1) is 5.60 Å². The molecule has 13 heavy (non-hydrogen) atoms. The normalized spacial score (nSPS) is 12.2. The quantitative estimate of drug-likeness (QED) is 0.678. The predicted molar refractivity (Wildman–Crippen MR) is 48.1 cm³/mol. The summed E-state index contributed by atoms with van der Waals surface area (Å²) in [6.45, 7) is 7.79. The van der Waals surface area contributed by atoms with Crippen LogP contribution in [0, 0.1) is 0 Å². The van der Waals surface area contributed by atoms with Gasteiger partial charge in [0.1, 0.15) is 0 Å². The first-order chi connectivity index (χ1) is 5.66. The maximum Gasteiger partial charge on any atom is 0.362 e. The summed E-state index contributed by atoms with van der Waals surface area (Å²) in [5, 5.41) is 0. The first kappa shape index (κ1) is 12.1. The second-order valence-electron chi connectivity index (χ2n) is 3.32. The first-order valence-corrected chi connectivity index (χ1v) is 4.97. The highest BCUT2D eigenvalue weighted by atomic mass is 32.2. The van der Waals surface area contributed by atoms with Crippen molar-refractivity contribution < 1.29 is 17.4 Å². The molecule has 0 fully saturated rings. The van der Waals surface area contributed by atoms with Crippen molar-refractivity contribution in [2.45, 2.75) is 26.4 Å². The number of hydrogen-bond acceptors (Lipinski definition) is 4. The third-order valence-corrected chi connectivity index (χ3v) is 1.94. The number of amides is 1. The van der Waals surface area contributed by atoms with Gasteiger partial charge in [-0.05, 0) is 26.8 Å². The molecule has 0 unspecified atom stereocenters. The van der Waals surface area contributed by atoms with Gasteiger partial charge in [-0.2, -0.15) is 8.42 Å². The number of hydrogen-bond donors (Lipinski definition) is 1. The molecule has 0 atom stereocenters. The highest BCUT2D eigenvalue weighted by Gasteiger charge is 2.22. The Morgan fingerprint density at radius 2 is 1.92 bits per heavy atom. The van der Waals surface area contributed by atoms with E-state index >= 15 is 0 Å². The molecule has 0 aliphatic rings. The molecule has 0 aromatic heterocycles. The molecule has 6 heteroatoms. The molecule has 0 rings (SSSR count). The molecule has 0 spiro atoms. The third-order valence-electron chi connectivity index (χ3n) is 0.771. The van der Waals surface area contributed by atoms with Gasteiger partial charge in [-0.1, -0.05) is 6.58 Å². The second-order valence-corrected chi connectivity index (χ2v) is 4.60. The maximum atomic E-state index is 11.0. The Morgan fingerprint density at radius 1 is 1.46 bits per heavy atom. The van der Waals surface area contributed by atoms with E-state index in [1.807, 2.05) is 0 Å². The van der Waals surface area contributed by atoms with E-state index in [1.54, 1.807) is 25.5 Å². The highest BCUT2D eigenvalue weighted by molar-refractivity contribution is 7.85. The SMILES string of the molecule is C=CC(=O)NS(=O)(=O)OC(C)(C)C. The van der Waals surface area contributed by atoms with Crippen molar-refractivity contribution in [3.63, 3.8) is 0 Å². The van der Waals surface area contributed by atoms with E-state index in [0.717, 1.165) is 6.08 Å². The van der Waals surface area contributed by atoms with Gasteiger partial charge in [0, 0.05) is 0 Å². The number of carbonyl (C=O) groups is 1. The Morgan fingerprint density at radius 3 is 2.23 bits per heavy atom. The van der Waals surface area contributed by atoms with Crippen LogP contribution in [0.25, 0.3) is 0 Å². The van der Waals surface area contributed by atoms with Crippen LogP contribution in [0.4, 0.5) is 0 Å². The molecule has 5 nitrogen and oxygen atoms in total. The van der Waals surface area contributed by atoms with Crippen LogP contribution in [0.5, 0.6) is 0 Å². The summed E-state index contributed by atoms with van der Waals surface area (Å²) in [5.41, 5.74) is -0.868. The van der Waals surface area contributed by atoms with Gasteiger partial charge in [-0.25, -0.2) is 8.91 Å². The lowest BCUT2D eigenvalue weighted by Crippen LogP contribution is -2.36. The zero-order valence-corrected chi connectivity index (χ0v) is 8.64. The Hall–Kier alpha value is -0.880. The van der Waals surface area contributed by atoms with Gasteiger partial charge in [0.25, 0.3) is 5.91 Å². The Labute approximate surface area is 78.0 Å². The van der Waals surface area contributed by atoms with Gasteiger partial charge in [-0.15, -0.1) is 0 Å². The van der Waals surface area contributed by atoms with E-state index in [2.05, 4.69) is 10.8 Å². The van der Waals surface area contributed by atoms with E-state index in [-0.39, 0.29) is 0 Å². The molecular weight excluding hydrogens is 194 g/mol. The fourth-order valence-electron chi connectivity index (χ4n) is 0.515. The van der Waals surface area contributed by atoms with E-state index in [9.17, 15) is 13.2 Å². The van der Waals surface area contributed by atoms with Gasteiger partial charge < -0.3 is 0 Å². The number of rotatable bonds is 3. The average molecular weight is 207 g/mol. The zero-order chi connectivity index (χ0) is 10.7. The van der Waals surface area contributed by atoms with Crippen molar-refractivity contribution in [1.82, 2.24) is 4.72 Å².